The number of ether oxygens (including phenoxy) is 1. The minimum absolute atomic E-state index is 0.162. The number of nitrogens with zero attached hydrogens (tertiary/aromatic N) is 2. The molecule has 0 amide bonds. The van der Waals surface area contributed by atoms with Crippen LogP contribution in [-0.4, -0.2) is 35.2 Å². The van der Waals surface area contributed by atoms with Gasteiger partial charge in [-0.05, 0) is 45.8 Å². The summed E-state index contributed by atoms with van der Waals surface area (Å²) in [6, 6.07) is 7.90. The second kappa shape index (κ2) is 6.15. The fourth-order valence-electron chi connectivity index (χ4n) is 2.79. The Bertz CT molecular complexity index is 504. The van der Waals surface area contributed by atoms with Gasteiger partial charge in [-0.3, -0.25) is 4.90 Å². The molecular weight excluding hydrogens is 252 g/mol. The SMILES string of the molecule is CCOc1cccc(CC(C)(C#N)N2CCCC2)c1O. The van der Waals surface area contributed by atoms with E-state index in [0.717, 1.165) is 31.5 Å². The summed E-state index contributed by atoms with van der Waals surface area (Å²) >= 11 is 0. The highest BCUT2D eigenvalue weighted by molar-refractivity contribution is 5.46. The van der Waals surface area contributed by atoms with E-state index >= 15 is 0 Å². The Morgan fingerprint density at radius 3 is 2.70 bits per heavy atom. The van der Waals surface area contributed by atoms with Gasteiger partial charge in [-0.15, -0.1) is 0 Å². The van der Waals surface area contributed by atoms with Crippen LogP contribution in [0.25, 0.3) is 0 Å². The van der Waals surface area contributed by atoms with E-state index in [4.69, 9.17) is 4.74 Å². The van der Waals surface area contributed by atoms with Crippen molar-refractivity contribution in [3.63, 3.8) is 0 Å². The molecule has 0 aliphatic carbocycles. The summed E-state index contributed by atoms with van der Waals surface area (Å²) < 4.78 is 5.40. The molecule has 1 aromatic carbocycles. The summed E-state index contributed by atoms with van der Waals surface area (Å²) in [5, 5.41) is 19.8. The summed E-state index contributed by atoms with van der Waals surface area (Å²) in [5.41, 5.74) is 0.200. The first-order chi connectivity index (χ1) is 9.60. The van der Waals surface area contributed by atoms with Crippen molar-refractivity contribution in [3.05, 3.63) is 23.8 Å². The fourth-order valence-corrected chi connectivity index (χ4v) is 2.79. The molecule has 108 valence electrons. The molecule has 1 aliphatic rings. The molecule has 4 nitrogen and oxygen atoms in total. The number of rotatable bonds is 5. The first-order valence-electron chi connectivity index (χ1n) is 7.20. The van der Waals surface area contributed by atoms with E-state index in [9.17, 15) is 10.4 Å². The van der Waals surface area contributed by atoms with Gasteiger partial charge in [-0.2, -0.15) is 5.26 Å². The molecule has 4 heteroatoms. The Labute approximate surface area is 120 Å². The van der Waals surface area contributed by atoms with Crippen LogP contribution < -0.4 is 4.74 Å². The van der Waals surface area contributed by atoms with E-state index in [1.54, 1.807) is 6.07 Å². The number of benzene rings is 1. The number of aromatic hydroxyl groups is 1. The summed E-state index contributed by atoms with van der Waals surface area (Å²) in [6.07, 6.45) is 2.79. The maximum atomic E-state index is 10.3. The van der Waals surface area contributed by atoms with Crippen molar-refractivity contribution in [2.75, 3.05) is 19.7 Å². The van der Waals surface area contributed by atoms with Crippen LogP contribution in [0.3, 0.4) is 0 Å². The molecule has 1 aliphatic heterocycles. The summed E-state index contributed by atoms with van der Waals surface area (Å²) in [7, 11) is 0. The minimum Gasteiger partial charge on any atom is -0.504 e. The van der Waals surface area contributed by atoms with Gasteiger partial charge >= 0.3 is 0 Å². The molecule has 0 aromatic heterocycles. The molecule has 0 saturated carbocycles. The van der Waals surface area contributed by atoms with Crippen molar-refractivity contribution in [2.45, 2.75) is 38.6 Å². The lowest BCUT2D eigenvalue weighted by Crippen LogP contribution is -2.45. The Hall–Kier alpha value is -1.73. The molecule has 1 saturated heterocycles. The van der Waals surface area contributed by atoms with Gasteiger partial charge in [0.25, 0.3) is 0 Å². The van der Waals surface area contributed by atoms with Gasteiger partial charge in [0.15, 0.2) is 11.5 Å². The highest BCUT2D eigenvalue weighted by Gasteiger charge is 2.34. The zero-order valence-corrected chi connectivity index (χ0v) is 12.2. The Kier molecular flexibility index (Phi) is 4.51. The monoisotopic (exact) mass is 274 g/mol. The van der Waals surface area contributed by atoms with E-state index in [-0.39, 0.29) is 5.75 Å². The molecule has 20 heavy (non-hydrogen) atoms. The normalized spacial score (nSPS) is 18.4. The van der Waals surface area contributed by atoms with Crippen LogP contribution in [-0.2, 0) is 6.42 Å². The van der Waals surface area contributed by atoms with Gasteiger partial charge < -0.3 is 9.84 Å². The summed E-state index contributed by atoms with van der Waals surface area (Å²) in [6.45, 7) is 6.26. The first kappa shape index (κ1) is 14.7. The third-order valence-corrected chi connectivity index (χ3v) is 3.96. The molecule has 1 N–H and O–H groups in total. The number of likely N-dealkylation sites (tertiary alicyclic amines) is 1. The Balaban J connectivity index is 2.23. The standard InChI is InChI=1S/C16H22N2O2/c1-3-20-14-8-6-7-13(15(14)19)11-16(2,12-17)18-9-4-5-10-18/h6-8,19H,3-5,9-11H2,1-2H3. The van der Waals surface area contributed by atoms with Gasteiger partial charge in [0.2, 0.25) is 0 Å². The fraction of sp³-hybridized carbons (Fsp3) is 0.562. The topological polar surface area (TPSA) is 56.5 Å². The molecule has 1 unspecified atom stereocenters. The lowest BCUT2D eigenvalue weighted by atomic mass is 9.92. The highest BCUT2D eigenvalue weighted by atomic mass is 16.5. The highest BCUT2D eigenvalue weighted by Crippen LogP contribution is 2.34. The van der Waals surface area contributed by atoms with E-state index < -0.39 is 5.54 Å². The van der Waals surface area contributed by atoms with Gasteiger partial charge in [-0.25, -0.2) is 0 Å². The zero-order chi connectivity index (χ0) is 14.6. The van der Waals surface area contributed by atoms with Gasteiger partial charge in [-0.1, -0.05) is 12.1 Å². The van der Waals surface area contributed by atoms with Gasteiger partial charge in [0.05, 0.1) is 12.7 Å². The van der Waals surface area contributed by atoms with Crippen molar-refractivity contribution in [3.8, 4) is 17.6 Å². The van der Waals surface area contributed by atoms with E-state index in [0.29, 0.717) is 18.8 Å². The second-order valence-corrected chi connectivity index (χ2v) is 5.45. The van der Waals surface area contributed by atoms with Crippen LogP contribution in [0, 0.1) is 11.3 Å². The number of nitriles is 1. The van der Waals surface area contributed by atoms with Crippen molar-refractivity contribution in [2.24, 2.45) is 0 Å². The molecule has 0 bridgehead atoms. The molecule has 0 spiro atoms. The lowest BCUT2D eigenvalue weighted by molar-refractivity contribution is 0.190. The van der Waals surface area contributed by atoms with Gasteiger partial charge in [0, 0.05) is 12.0 Å². The smallest absolute Gasteiger partial charge is 0.161 e. The quantitative estimate of drug-likeness (QED) is 0.897. The van der Waals surface area contributed by atoms with Crippen molar-refractivity contribution < 1.29 is 9.84 Å². The molecule has 1 atom stereocenters. The van der Waals surface area contributed by atoms with Crippen LogP contribution in [0.4, 0.5) is 0 Å². The maximum Gasteiger partial charge on any atom is 0.161 e. The minimum atomic E-state index is -0.571. The van der Waals surface area contributed by atoms with Crippen LogP contribution in [0.2, 0.25) is 0 Å². The molecule has 0 radical (unpaired) electrons. The summed E-state index contributed by atoms with van der Waals surface area (Å²) in [4.78, 5) is 2.21. The van der Waals surface area contributed by atoms with E-state index in [1.807, 2.05) is 26.0 Å². The Morgan fingerprint density at radius 2 is 2.10 bits per heavy atom. The predicted molar refractivity (Wildman–Crippen MR) is 77.8 cm³/mol. The number of hydrogen-bond donors (Lipinski definition) is 1. The van der Waals surface area contributed by atoms with Crippen LogP contribution in [0.15, 0.2) is 18.2 Å². The zero-order valence-electron chi connectivity index (χ0n) is 12.2. The molecule has 2 rings (SSSR count). The van der Waals surface area contributed by atoms with Crippen molar-refractivity contribution in [1.82, 2.24) is 4.90 Å². The number of phenolic OH excluding ortho intramolecular Hbond substituents is 1. The second-order valence-electron chi connectivity index (χ2n) is 5.45. The summed E-state index contributed by atoms with van der Waals surface area (Å²) in [5.74, 6) is 0.654. The average Bonchev–Trinajstić information content (AvgIpc) is 2.98. The third kappa shape index (κ3) is 2.88. The number of phenols is 1. The van der Waals surface area contributed by atoms with Crippen molar-refractivity contribution in [1.29, 1.82) is 5.26 Å². The Morgan fingerprint density at radius 1 is 1.40 bits per heavy atom. The van der Waals surface area contributed by atoms with E-state index in [1.165, 1.54) is 0 Å². The third-order valence-electron chi connectivity index (χ3n) is 3.96. The van der Waals surface area contributed by atoms with Crippen LogP contribution >= 0.6 is 0 Å². The van der Waals surface area contributed by atoms with Crippen molar-refractivity contribution >= 4 is 0 Å². The van der Waals surface area contributed by atoms with Crippen LogP contribution in [0.1, 0.15) is 32.3 Å². The maximum absolute atomic E-state index is 10.3. The molecule has 1 fully saturated rings. The van der Waals surface area contributed by atoms with E-state index in [2.05, 4.69) is 11.0 Å². The largest absolute Gasteiger partial charge is 0.504 e. The number of para-hydroxylation sites is 1. The lowest BCUT2D eigenvalue weighted by Gasteiger charge is -2.32. The van der Waals surface area contributed by atoms with Crippen LogP contribution in [0.5, 0.6) is 11.5 Å². The average molecular weight is 274 g/mol. The number of hydrogen-bond acceptors (Lipinski definition) is 4. The van der Waals surface area contributed by atoms with Gasteiger partial charge in [0.1, 0.15) is 5.54 Å². The molecular formula is C16H22N2O2. The first-order valence-corrected chi connectivity index (χ1v) is 7.20. The molecule has 1 heterocycles. The predicted octanol–water partition coefficient (Wildman–Crippen LogP) is 2.71. The molecule has 1 aromatic rings.